The normalized spacial score (nSPS) is 20.3. The predicted molar refractivity (Wildman–Crippen MR) is 105 cm³/mol. The first-order chi connectivity index (χ1) is 13.7. The molecule has 3 heterocycles. The van der Waals surface area contributed by atoms with Crippen LogP contribution < -0.4 is 4.74 Å². The van der Waals surface area contributed by atoms with Crippen molar-refractivity contribution < 1.29 is 14.3 Å². The average Bonchev–Trinajstić information content (AvgIpc) is 3.29. The van der Waals surface area contributed by atoms with Crippen molar-refractivity contribution in [2.75, 3.05) is 46.4 Å². The van der Waals surface area contributed by atoms with E-state index in [4.69, 9.17) is 14.5 Å². The second-order valence-electron chi connectivity index (χ2n) is 7.24. The highest BCUT2D eigenvalue weighted by molar-refractivity contribution is 5.78. The molecule has 1 atom stereocenters. The number of aromatic nitrogens is 2. The summed E-state index contributed by atoms with van der Waals surface area (Å²) in [6.07, 6.45) is 5.56. The van der Waals surface area contributed by atoms with Gasteiger partial charge in [0, 0.05) is 31.7 Å². The Kier molecular flexibility index (Phi) is 5.83. The van der Waals surface area contributed by atoms with Gasteiger partial charge in [-0.2, -0.15) is 0 Å². The van der Waals surface area contributed by atoms with Gasteiger partial charge in [-0.05, 0) is 37.1 Å². The van der Waals surface area contributed by atoms with Gasteiger partial charge in [0.05, 0.1) is 44.0 Å². The zero-order valence-electron chi connectivity index (χ0n) is 16.2. The van der Waals surface area contributed by atoms with Gasteiger partial charge < -0.3 is 14.4 Å². The zero-order chi connectivity index (χ0) is 19.3. The Morgan fingerprint density at radius 1 is 1.18 bits per heavy atom. The van der Waals surface area contributed by atoms with Crippen molar-refractivity contribution in [2.24, 2.45) is 0 Å². The summed E-state index contributed by atoms with van der Waals surface area (Å²) in [6.45, 7) is 4.24. The number of hydrogen-bond acceptors (Lipinski definition) is 6. The molecule has 0 N–H and O–H groups in total. The first-order valence-electron chi connectivity index (χ1n) is 9.81. The number of morpholine rings is 1. The standard InChI is InChI=1S/C21H26N4O3/c1-27-17-6-4-16(5-7-17)18-12-22-13-19(23-18)20-14-24(10-11-28-20)15-21(26)25-8-2-3-9-25/h4-7,12-13,20H,2-3,8-11,14-15H2,1H3/t20-/m0/s1. The van der Waals surface area contributed by atoms with Crippen molar-refractivity contribution >= 4 is 5.91 Å². The molecular weight excluding hydrogens is 356 g/mol. The lowest BCUT2D eigenvalue weighted by atomic mass is 10.1. The number of benzene rings is 1. The molecule has 0 bridgehead atoms. The summed E-state index contributed by atoms with van der Waals surface area (Å²) in [5.41, 5.74) is 2.58. The molecule has 1 aromatic heterocycles. The van der Waals surface area contributed by atoms with Gasteiger partial charge >= 0.3 is 0 Å². The third-order valence-corrected chi connectivity index (χ3v) is 5.34. The predicted octanol–water partition coefficient (Wildman–Crippen LogP) is 2.15. The smallest absolute Gasteiger partial charge is 0.236 e. The minimum Gasteiger partial charge on any atom is -0.497 e. The molecule has 2 aliphatic heterocycles. The fourth-order valence-electron chi connectivity index (χ4n) is 3.72. The van der Waals surface area contributed by atoms with E-state index in [1.54, 1.807) is 19.5 Å². The molecule has 0 saturated carbocycles. The van der Waals surface area contributed by atoms with Crippen LogP contribution >= 0.6 is 0 Å². The van der Waals surface area contributed by atoms with Crippen molar-refractivity contribution in [3.05, 3.63) is 42.4 Å². The molecule has 28 heavy (non-hydrogen) atoms. The maximum Gasteiger partial charge on any atom is 0.236 e. The van der Waals surface area contributed by atoms with Crippen LogP contribution in [0, 0.1) is 0 Å². The molecule has 1 aromatic carbocycles. The quantitative estimate of drug-likeness (QED) is 0.789. The van der Waals surface area contributed by atoms with Gasteiger partial charge in [0.25, 0.3) is 0 Å². The van der Waals surface area contributed by atoms with E-state index in [1.165, 1.54) is 0 Å². The summed E-state index contributed by atoms with van der Waals surface area (Å²) in [5, 5.41) is 0. The molecule has 2 saturated heterocycles. The second kappa shape index (κ2) is 8.67. The van der Waals surface area contributed by atoms with E-state index in [2.05, 4.69) is 9.88 Å². The lowest BCUT2D eigenvalue weighted by Crippen LogP contribution is -2.45. The number of carbonyl (C=O) groups excluding carboxylic acids is 1. The van der Waals surface area contributed by atoms with E-state index in [0.717, 1.165) is 55.2 Å². The van der Waals surface area contributed by atoms with Crippen molar-refractivity contribution in [3.8, 4) is 17.0 Å². The van der Waals surface area contributed by atoms with Gasteiger partial charge in [-0.25, -0.2) is 4.98 Å². The summed E-state index contributed by atoms with van der Waals surface area (Å²) < 4.78 is 11.2. The number of carbonyl (C=O) groups is 1. The number of rotatable bonds is 5. The summed E-state index contributed by atoms with van der Waals surface area (Å²) >= 11 is 0. The van der Waals surface area contributed by atoms with E-state index in [0.29, 0.717) is 19.7 Å². The van der Waals surface area contributed by atoms with Gasteiger partial charge in [-0.15, -0.1) is 0 Å². The van der Waals surface area contributed by atoms with E-state index in [1.807, 2.05) is 29.2 Å². The SMILES string of the molecule is COc1ccc(-c2cncc([C@@H]3CN(CC(=O)N4CCCC4)CCO3)n2)cc1. The zero-order valence-corrected chi connectivity index (χ0v) is 16.2. The highest BCUT2D eigenvalue weighted by Crippen LogP contribution is 2.24. The molecule has 7 heteroatoms. The Labute approximate surface area is 165 Å². The van der Waals surface area contributed by atoms with E-state index < -0.39 is 0 Å². The average molecular weight is 382 g/mol. The Bertz CT molecular complexity index is 806. The largest absolute Gasteiger partial charge is 0.497 e. The Morgan fingerprint density at radius 3 is 2.71 bits per heavy atom. The maximum atomic E-state index is 12.5. The minimum atomic E-state index is -0.175. The van der Waals surface area contributed by atoms with Crippen molar-refractivity contribution in [2.45, 2.75) is 18.9 Å². The molecule has 2 aliphatic rings. The molecule has 2 fully saturated rings. The van der Waals surface area contributed by atoms with Crippen LogP contribution in [0.15, 0.2) is 36.7 Å². The minimum absolute atomic E-state index is 0.175. The summed E-state index contributed by atoms with van der Waals surface area (Å²) in [7, 11) is 1.65. The van der Waals surface area contributed by atoms with Gasteiger partial charge in [-0.3, -0.25) is 14.7 Å². The molecule has 0 radical (unpaired) electrons. The third-order valence-electron chi connectivity index (χ3n) is 5.34. The fraction of sp³-hybridized carbons (Fsp3) is 0.476. The highest BCUT2D eigenvalue weighted by Gasteiger charge is 2.27. The second-order valence-corrected chi connectivity index (χ2v) is 7.24. The lowest BCUT2D eigenvalue weighted by Gasteiger charge is -2.33. The van der Waals surface area contributed by atoms with Gasteiger partial charge in [0.2, 0.25) is 5.91 Å². The van der Waals surface area contributed by atoms with E-state index in [-0.39, 0.29) is 12.0 Å². The Hall–Kier alpha value is -2.51. The monoisotopic (exact) mass is 382 g/mol. The Balaban J connectivity index is 1.43. The molecule has 148 valence electrons. The van der Waals surface area contributed by atoms with Gasteiger partial charge in [0.1, 0.15) is 11.9 Å². The van der Waals surface area contributed by atoms with E-state index >= 15 is 0 Å². The molecule has 0 aliphatic carbocycles. The van der Waals surface area contributed by atoms with E-state index in [9.17, 15) is 4.79 Å². The fourth-order valence-corrected chi connectivity index (χ4v) is 3.72. The molecule has 1 amide bonds. The van der Waals surface area contributed by atoms with Crippen molar-refractivity contribution in [3.63, 3.8) is 0 Å². The van der Waals surface area contributed by atoms with Crippen LogP contribution in [0.1, 0.15) is 24.6 Å². The molecule has 4 rings (SSSR count). The molecule has 0 spiro atoms. The first kappa shape index (κ1) is 18.8. The first-order valence-corrected chi connectivity index (χ1v) is 9.81. The van der Waals surface area contributed by atoms with Crippen LogP contribution in [0.25, 0.3) is 11.3 Å². The topological polar surface area (TPSA) is 67.8 Å². The molecule has 7 nitrogen and oxygen atoms in total. The third kappa shape index (κ3) is 4.31. The lowest BCUT2D eigenvalue weighted by molar-refractivity contribution is -0.133. The van der Waals surface area contributed by atoms with Gasteiger partial charge in [0.15, 0.2) is 0 Å². The van der Waals surface area contributed by atoms with Crippen LogP contribution in [0.5, 0.6) is 5.75 Å². The number of nitrogens with zero attached hydrogens (tertiary/aromatic N) is 4. The van der Waals surface area contributed by atoms with Crippen LogP contribution in [-0.2, 0) is 9.53 Å². The van der Waals surface area contributed by atoms with Crippen LogP contribution in [-0.4, -0.2) is 72.1 Å². The summed E-state index contributed by atoms with van der Waals surface area (Å²) in [5.74, 6) is 1.03. The molecular formula is C21H26N4O3. The number of hydrogen-bond donors (Lipinski definition) is 0. The van der Waals surface area contributed by atoms with Crippen molar-refractivity contribution in [1.29, 1.82) is 0 Å². The highest BCUT2D eigenvalue weighted by atomic mass is 16.5. The van der Waals surface area contributed by atoms with Crippen LogP contribution in [0.3, 0.4) is 0 Å². The van der Waals surface area contributed by atoms with Crippen LogP contribution in [0.2, 0.25) is 0 Å². The number of ether oxygens (including phenoxy) is 2. The Morgan fingerprint density at radius 2 is 1.96 bits per heavy atom. The number of methoxy groups -OCH3 is 1. The molecule has 2 aromatic rings. The summed E-state index contributed by atoms with van der Waals surface area (Å²) in [6, 6.07) is 7.75. The number of likely N-dealkylation sites (tertiary alicyclic amines) is 1. The van der Waals surface area contributed by atoms with Crippen LogP contribution in [0.4, 0.5) is 0 Å². The van der Waals surface area contributed by atoms with Crippen molar-refractivity contribution in [1.82, 2.24) is 19.8 Å². The maximum absolute atomic E-state index is 12.5. The molecule has 0 unspecified atom stereocenters. The summed E-state index contributed by atoms with van der Waals surface area (Å²) in [4.78, 5) is 25.7. The number of amides is 1. The van der Waals surface area contributed by atoms with Gasteiger partial charge in [-0.1, -0.05) is 0 Å².